The van der Waals surface area contributed by atoms with Gasteiger partial charge < -0.3 is 10.1 Å². The van der Waals surface area contributed by atoms with Crippen LogP contribution in [0.25, 0.3) is 10.9 Å². The fourth-order valence-corrected chi connectivity index (χ4v) is 2.17. The SMILES string of the molecule is C=CCCOCCNc1c(C)c(C)nc2ccccc12. The third-order valence-electron chi connectivity index (χ3n) is 3.39. The van der Waals surface area contributed by atoms with E-state index in [1.807, 2.05) is 31.2 Å². The number of ether oxygens (including phenoxy) is 1. The number of pyridine rings is 1. The summed E-state index contributed by atoms with van der Waals surface area (Å²) in [5.74, 6) is 0. The lowest BCUT2D eigenvalue weighted by Gasteiger charge is -2.14. The third kappa shape index (κ3) is 3.36. The molecule has 0 aliphatic heterocycles. The molecule has 0 bridgehead atoms. The second-order valence-electron chi connectivity index (χ2n) is 4.83. The van der Waals surface area contributed by atoms with Crippen LogP contribution in [0.15, 0.2) is 36.9 Å². The molecule has 3 heteroatoms. The van der Waals surface area contributed by atoms with Crippen LogP contribution in [0.3, 0.4) is 0 Å². The second-order valence-corrected chi connectivity index (χ2v) is 4.83. The molecule has 2 aromatic rings. The maximum Gasteiger partial charge on any atom is 0.0726 e. The fourth-order valence-electron chi connectivity index (χ4n) is 2.17. The van der Waals surface area contributed by atoms with Gasteiger partial charge in [-0.15, -0.1) is 6.58 Å². The molecule has 0 saturated carbocycles. The van der Waals surface area contributed by atoms with E-state index in [0.29, 0.717) is 6.61 Å². The van der Waals surface area contributed by atoms with Crippen molar-refractivity contribution in [3.8, 4) is 0 Å². The Morgan fingerprint density at radius 1 is 1.25 bits per heavy atom. The first-order valence-corrected chi connectivity index (χ1v) is 7.02. The minimum absolute atomic E-state index is 0.697. The summed E-state index contributed by atoms with van der Waals surface area (Å²) in [5, 5.41) is 4.65. The molecule has 1 heterocycles. The lowest BCUT2D eigenvalue weighted by atomic mass is 10.1. The van der Waals surface area contributed by atoms with E-state index in [9.17, 15) is 0 Å². The summed E-state index contributed by atoms with van der Waals surface area (Å²) < 4.78 is 5.53. The average molecular weight is 270 g/mol. The zero-order valence-corrected chi connectivity index (χ0v) is 12.3. The molecule has 1 N–H and O–H groups in total. The van der Waals surface area contributed by atoms with Crippen LogP contribution in [0.4, 0.5) is 5.69 Å². The summed E-state index contributed by atoms with van der Waals surface area (Å²) in [5.41, 5.74) is 4.47. The Labute approximate surface area is 120 Å². The highest BCUT2D eigenvalue weighted by Gasteiger charge is 2.08. The standard InChI is InChI=1S/C17H22N2O/c1-4-5-11-20-12-10-18-17-13(2)14(3)19-16-9-7-6-8-15(16)17/h4,6-9H,1,5,10-12H2,2-3H3,(H,18,19). The van der Waals surface area contributed by atoms with Crippen molar-refractivity contribution < 1.29 is 4.74 Å². The predicted molar refractivity (Wildman–Crippen MR) is 85.3 cm³/mol. The van der Waals surface area contributed by atoms with Crippen LogP contribution in [-0.4, -0.2) is 24.7 Å². The van der Waals surface area contributed by atoms with Gasteiger partial charge in [0.05, 0.1) is 18.7 Å². The summed E-state index contributed by atoms with van der Waals surface area (Å²) in [6.45, 7) is 10.1. The zero-order valence-electron chi connectivity index (χ0n) is 12.3. The van der Waals surface area contributed by atoms with E-state index in [2.05, 4.69) is 29.9 Å². The van der Waals surface area contributed by atoms with Gasteiger partial charge in [0.2, 0.25) is 0 Å². The van der Waals surface area contributed by atoms with Gasteiger partial charge in [0.15, 0.2) is 0 Å². The van der Waals surface area contributed by atoms with Gasteiger partial charge >= 0.3 is 0 Å². The van der Waals surface area contributed by atoms with E-state index in [-0.39, 0.29) is 0 Å². The molecule has 0 fully saturated rings. The van der Waals surface area contributed by atoms with Gasteiger partial charge in [-0.3, -0.25) is 4.98 Å². The fraction of sp³-hybridized carbons (Fsp3) is 0.353. The molecule has 20 heavy (non-hydrogen) atoms. The smallest absolute Gasteiger partial charge is 0.0726 e. The van der Waals surface area contributed by atoms with E-state index < -0.39 is 0 Å². The Balaban J connectivity index is 2.08. The zero-order chi connectivity index (χ0) is 14.4. The highest BCUT2D eigenvalue weighted by molar-refractivity contribution is 5.93. The molecule has 0 aliphatic rings. The van der Waals surface area contributed by atoms with Crippen LogP contribution < -0.4 is 5.32 Å². The maximum atomic E-state index is 5.53. The van der Waals surface area contributed by atoms with Gasteiger partial charge in [-0.05, 0) is 31.9 Å². The van der Waals surface area contributed by atoms with Gasteiger partial charge in [-0.25, -0.2) is 0 Å². The normalized spacial score (nSPS) is 10.7. The molecule has 3 nitrogen and oxygen atoms in total. The molecule has 2 rings (SSSR count). The topological polar surface area (TPSA) is 34.1 Å². The van der Waals surface area contributed by atoms with E-state index in [1.54, 1.807) is 0 Å². The number of hydrogen-bond acceptors (Lipinski definition) is 3. The summed E-state index contributed by atoms with van der Waals surface area (Å²) >= 11 is 0. The summed E-state index contributed by atoms with van der Waals surface area (Å²) in [7, 11) is 0. The molecule has 0 unspecified atom stereocenters. The second kappa shape index (κ2) is 7.06. The van der Waals surface area contributed by atoms with Crippen molar-refractivity contribution in [1.82, 2.24) is 4.98 Å². The lowest BCUT2D eigenvalue weighted by Crippen LogP contribution is -2.11. The molecule has 1 aromatic heterocycles. The molecule has 0 aliphatic carbocycles. The molecule has 1 aromatic carbocycles. The number of nitrogens with one attached hydrogen (secondary N) is 1. The lowest BCUT2D eigenvalue weighted by molar-refractivity contribution is 0.149. The molecule has 0 spiro atoms. The molecule has 0 saturated heterocycles. The van der Waals surface area contributed by atoms with Crippen LogP contribution in [0.1, 0.15) is 17.7 Å². The van der Waals surface area contributed by atoms with Crippen molar-refractivity contribution in [3.05, 3.63) is 48.2 Å². The van der Waals surface area contributed by atoms with E-state index in [0.717, 1.165) is 30.8 Å². The summed E-state index contributed by atoms with van der Waals surface area (Å²) in [6, 6.07) is 8.22. The number of rotatable bonds is 7. The van der Waals surface area contributed by atoms with Crippen molar-refractivity contribution >= 4 is 16.6 Å². The van der Waals surface area contributed by atoms with Crippen LogP contribution in [0.5, 0.6) is 0 Å². The molecule has 106 valence electrons. The Kier molecular flexibility index (Phi) is 5.13. The number of nitrogens with zero attached hydrogens (tertiary/aromatic N) is 1. The van der Waals surface area contributed by atoms with E-state index in [4.69, 9.17) is 4.74 Å². The number of aryl methyl sites for hydroxylation is 1. The van der Waals surface area contributed by atoms with Crippen LogP contribution >= 0.6 is 0 Å². The average Bonchev–Trinajstić information content (AvgIpc) is 2.46. The minimum atomic E-state index is 0.697. The van der Waals surface area contributed by atoms with E-state index in [1.165, 1.54) is 16.6 Å². The van der Waals surface area contributed by atoms with Gasteiger partial charge in [0.1, 0.15) is 0 Å². The Morgan fingerprint density at radius 3 is 2.85 bits per heavy atom. The first kappa shape index (κ1) is 14.5. The highest BCUT2D eigenvalue weighted by atomic mass is 16.5. The van der Waals surface area contributed by atoms with Crippen LogP contribution in [0.2, 0.25) is 0 Å². The minimum Gasteiger partial charge on any atom is -0.382 e. The number of benzene rings is 1. The highest BCUT2D eigenvalue weighted by Crippen LogP contribution is 2.27. The van der Waals surface area contributed by atoms with Crippen molar-refractivity contribution in [2.24, 2.45) is 0 Å². The number of hydrogen-bond donors (Lipinski definition) is 1. The van der Waals surface area contributed by atoms with Gasteiger partial charge in [-0.2, -0.15) is 0 Å². The molecular formula is C17H22N2O. The molecular weight excluding hydrogens is 248 g/mol. The Hall–Kier alpha value is -1.87. The van der Waals surface area contributed by atoms with E-state index >= 15 is 0 Å². The number of anilines is 1. The number of para-hydroxylation sites is 1. The quantitative estimate of drug-likeness (QED) is 0.613. The van der Waals surface area contributed by atoms with Crippen molar-refractivity contribution in [3.63, 3.8) is 0 Å². The molecule has 0 amide bonds. The third-order valence-corrected chi connectivity index (χ3v) is 3.39. The van der Waals surface area contributed by atoms with Crippen molar-refractivity contribution in [2.75, 3.05) is 25.1 Å². The van der Waals surface area contributed by atoms with Gasteiger partial charge in [-0.1, -0.05) is 24.3 Å². The van der Waals surface area contributed by atoms with Crippen LogP contribution in [0, 0.1) is 13.8 Å². The monoisotopic (exact) mass is 270 g/mol. The Bertz CT molecular complexity index is 593. The van der Waals surface area contributed by atoms with Crippen molar-refractivity contribution in [1.29, 1.82) is 0 Å². The maximum absolute atomic E-state index is 5.53. The van der Waals surface area contributed by atoms with Crippen molar-refractivity contribution in [2.45, 2.75) is 20.3 Å². The first-order chi connectivity index (χ1) is 9.74. The van der Waals surface area contributed by atoms with Gasteiger partial charge in [0.25, 0.3) is 0 Å². The van der Waals surface area contributed by atoms with Crippen LogP contribution in [-0.2, 0) is 4.74 Å². The molecule has 0 atom stereocenters. The summed E-state index contributed by atoms with van der Waals surface area (Å²) in [4.78, 5) is 4.62. The molecule has 0 radical (unpaired) electrons. The largest absolute Gasteiger partial charge is 0.382 e. The summed E-state index contributed by atoms with van der Waals surface area (Å²) in [6.07, 6.45) is 2.77. The first-order valence-electron chi connectivity index (χ1n) is 7.02. The van der Waals surface area contributed by atoms with Gasteiger partial charge in [0, 0.05) is 23.3 Å². The number of aromatic nitrogens is 1. The predicted octanol–water partition coefficient (Wildman–Crippen LogP) is 3.86. The number of fused-ring (bicyclic) bond motifs is 1. The Morgan fingerprint density at radius 2 is 2.05 bits per heavy atom.